The van der Waals surface area contributed by atoms with E-state index in [1.165, 1.54) is 11.8 Å². The van der Waals surface area contributed by atoms with Gasteiger partial charge in [-0.25, -0.2) is 0 Å². The SMILES string of the molecule is COc1cccc(-c2nnc(S[C@H](C(=O)NCc3cccnc3)C(C)C)n2-c2ccccc2)c1. The molecule has 0 aliphatic carbocycles. The Morgan fingerprint density at radius 2 is 1.88 bits per heavy atom. The Bertz CT molecular complexity index is 1230. The smallest absolute Gasteiger partial charge is 0.234 e. The molecule has 34 heavy (non-hydrogen) atoms. The van der Waals surface area contributed by atoms with E-state index in [2.05, 4.69) is 20.5 Å². The maximum atomic E-state index is 13.1. The number of rotatable bonds is 9. The van der Waals surface area contributed by atoms with Crippen molar-refractivity contribution in [3.63, 3.8) is 0 Å². The molecule has 174 valence electrons. The largest absolute Gasteiger partial charge is 0.497 e. The van der Waals surface area contributed by atoms with E-state index in [-0.39, 0.29) is 17.1 Å². The molecular formula is C26H27N5O2S. The van der Waals surface area contributed by atoms with Crippen LogP contribution in [0, 0.1) is 5.92 Å². The third kappa shape index (κ3) is 5.46. The number of hydrogen-bond acceptors (Lipinski definition) is 6. The second-order valence-corrected chi connectivity index (χ2v) is 9.18. The van der Waals surface area contributed by atoms with Gasteiger partial charge in [0.05, 0.1) is 12.4 Å². The van der Waals surface area contributed by atoms with E-state index in [4.69, 9.17) is 4.74 Å². The minimum absolute atomic E-state index is 0.0469. The minimum atomic E-state index is -0.346. The number of nitrogens with zero attached hydrogens (tertiary/aromatic N) is 4. The molecule has 2 heterocycles. The highest BCUT2D eigenvalue weighted by Gasteiger charge is 2.27. The van der Waals surface area contributed by atoms with Gasteiger partial charge in [0.1, 0.15) is 5.75 Å². The van der Waals surface area contributed by atoms with E-state index < -0.39 is 0 Å². The highest BCUT2D eigenvalue weighted by atomic mass is 32.2. The number of methoxy groups -OCH3 is 1. The summed E-state index contributed by atoms with van der Waals surface area (Å²) < 4.78 is 7.39. The summed E-state index contributed by atoms with van der Waals surface area (Å²) in [7, 11) is 1.64. The zero-order valence-corrected chi connectivity index (χ0v) is 20.2. The van der Waals surface area contributed by atoms with Crippen LogP contribution in [0.2, 0.25) is 0 Å². The van der Waals surface area contributed by atoms with Crippen molar-refractivity contribution in [1.82, 2.24) is 25.1 Å². The Balaban J connectivity index is 1.65. The Labute approximate surface area is 203 Å². The molecule has 7 nitrogen and oxygen atoms in total. The van der Waals surface area contributed by atoms with Gasteiger partial charge in [-0.15, -0.1) is 10.2 Å². The fourth-order valence-electron chi connectivity index (χ4n) is 3.50. The van der Waals surface area contributed by atoms with Crippen LogP contribution in [0.25, 0.3) is 17.1 Å². The third-order valence-electron chi connectivity index (χ3n) is 5.26. The predicted molar refractivity (Wildman–Crippen MR) is 134 cm³/mol. The molecule has 1 N–H and O–H groups in total. The lowest BCUT2D eigenvalue weighted by molar-refractivity contribution is -0.121. The number of carbonyl (C=O) groups is 1. The number of nitrogens with one attached hydrogen (secondary N) is 1. The number of benzene rings is 2. The van der Waals surface area contributed by atoms with Crippen molar-refractivity contribution in [2.45, 2.75) is 30.8 Å². The van der Waals surface area contributed by atoms with Crippen LogP contribution < -0.4 is 10.1 Å². The van der Waals surface area contributed by atoms with Gasteiger partial charge < -0.3 is 10.1 Å². The summed E-state index contributed by atoms with van der Waals surface area (Å²) in [6.45, 7) is 4.50. The molecule has 2 aromatic heterocycles. The van der Waals surface area contributed by atoms with Crippen LogP contribution in [0.5, 0.6) is 5.75 Å². The topological polar surface area (TPSA) is 81.9 Å². The number of para-hydroxylation sites is 1. The number of pyridine rings is 1. The summed E-state index contributed by atoms with van der Waals surface area (Å²) in [5, 5.41) is 12.3. The molecule has 0 fully saturated rings. The second kappa shape index (κ2) is 11.0. The monoisotopic (exact) mass is 473 g/mol. The lowest BCUT2D eigenvalue weighted by atomic mass is 10.1. The van der Waals surface area contributed by atoms with Crippen LogP contribution in [-0.2, 0) is 11.3 Å². The second-order valence-electron chi connectivity index (χ2n) is 8.07. The minimum Gasteiger partial charge on any atom is -0.497 e. The van der Waals surface area contributed by atoms with Gasteiger partial charge in [-0.05, 0) is 41.8 Å². The highest BCUT2D eigenvalue weighted by Crippen LogP contribution is 2.33. The van der Waals surface area contributed by atoms with Crippen LogP contribution in [0.15, 0.2) is 84.3 Å². The Morgan fingerprint density at radius 1 is 1.06 bits per heavy atom. The lowest BCUT2D eigenvalue weighted by Gasteiger charge is -2.20. The number of thioether (sulfide) groups is 1. The van der Waals surface area contributed by atoms with Gasteiger partial charge in [-0.2, -0.15) is 0 Å². The Morgan fingerprint density at radius 3 is 2.59 bits per heavy atom. The number of amides is 1. The van der Waals surface area contributed by atoms with Gasteiger partial charge in [0.15, 0.2) is 11.0 Å². The van der Waals surface area contributed by atoms with Gasteiger partial charge in [0.25, 0.3) is 0 Å². The molecule has 1 amide bonds. The highest BCUT2D eigenvalue weighted by molar-refractivity contribution is 8.00. The number of aromatic nitrogens is 4. The Kier molecular flexibility index (Phi) is 7.59. The molecule has 1 atom stereocenters. The first-order valence-corrected chi connectivity index (χ1v) is 11.9. The van der Waals surface area contributed by atoms with E-state index in [1.54, 1.807) is 19.5 Å². The van der Waals surface area contributed by atoms with Crippen molar-refractivity contribution in [3.05, 3.63) is 84.7 Å². The van der Waals surface area contributed by atoms with Gasteiger partial charge in [-0.1, -0.05) is 62.0 Å². The first-order valence-electron chi connectivity index (χ1n) is 11.1. The number of ether oxygens (including phenoxy) is 1. The van der Waals surface area contributed by atoms with Crippen LogP contribution in [0.1, 0.15) is 19.4 Å². The van der Waals surface area contributed by atoms with Crippen LogP contribution in [0.3, 0.4) is 0 Å². The lowest BCUT2D eigenvalue weighted by Crippen LogP contribution is -2.35. The first kappa shape index (κ1) is 23.5. The summed E-state index contributed by atoms with van der Waals surface area (Å²) in [6, 6.07) is 21.4. The quantitative estimate of drug-likeness (QED) is 0.353. The zero-order valence-electron chi connectivity index (χ0n) is 19.4. The summed E-state index contributed by atoms with van der Waals surface area (Å²) in [5.41, 5.74) is 2.76. The van der Waals surface area contributed by atoms with E-state index in [0.717, 1.165) is 22.6 Å². The van der Waals surface area contributed by atoms with Crippen molar-refractivity contribution in [3.8, 4) is 22.8 Å². The molecule has 0 spiro atoms. The molecule has 0 bridgehead atoms. The van der Waals surface area contributed by atoms with Crippen molar-refractivity contribution in [1.29, 1.82) is 0 Å². The van der Waals surface area contributed by atoms with Crippen LogP contribution in [-0.4, -0.2) is 38.0 Å². The number of hydrogen-bond donors (Lipinski definition) is 1. The third-order valence-corrected chi connectivity index (χ3v) is 6.75. The summed E-state index contributed by atoms with van der Waals surface area (Å²) in [6.07, 6.45) is 3.47. The van der Waals surface area contributed by atoms with E-state index in [9.17, 15) is 4.79 Å². The average Bonchev–Trinajstić information content (AvgIpc) is 3.30. The van der Waals surface area contributed by atoms with Crippen LogP contribution in [0.4, 0.5) is 0 Å². The zero-order chi connectivity index (χ0) is 23.9. The predicted octanol–water partition coefficient (Wildman–Crippen LogP) is 4.77. The van der Waals surface area contributed by atoms with Gasteiger partial charge >= 0.3 is 0 Å². The van der Waals surface area contributed by atoms with E-state index >= 15 is 0 Å². The van der Waals surface area contributed by atoms with Gasteiger partial charge in [0, 0.05) is 30.2 Å². The molecule has 2 aromatic carbocycles. The molecule has 0 aliphatic rings. The van der Waals surface area contributed by atoms with Crippen molar-refractivity contribution >= 4 is 17.7 Å². The molecule has 8 heteroatoms. The van der Waals surface area contributed by atoms with Crippen molar-refractivity contribution < 1.29 is 9.53 Å². The van der Waals surface area contributed by atoms with Crippen molar-refractivity contribution in [2.75, 3.05) is 7.11 Å². The number of carbonyl (C=O) groups excluding carboxylic acids is 1. The summed E-state index contributed by atoms with van der Waals surface area (Å²) >= 11 is 1.42. The van der Waals surface area contributed by atoms with Crippen molar-refractivity contribution in [2.24, 2.45) is 5.92 Å². The standard InChI is InChI=1S/C26H27N5O2S/c1-18(2)23(25(32)28-17-19-9-8-14-27-16-19)34-26-30-29-24(20-10-7-13-22(15-20)33-3)31(26)21-11-5-4-6-12-21/h4-16,18,23H,17H2,1-3H3,(H,28,32)/t23-/m0/s1. The fraction of sp³-hybridized carbons (Fsp3) is 0.231. The van der Waals surface area contributed by atoms with Gasteiger partial charge in [0.2, 0.25) is 5.91 Å². The molecule has 0 unspecified atom stereocenters. The molecule has 0 radical (unpaired) electrons. The maximum Gasteiger partial charge on any atom is 0.234 e. The fourth-order valence-corrected chi connectivity index (χ4v) is 4.58. The Hall–Kier alpha value is -3.65. The first-order chi connectivity index (χ1) is 16.6. The molecular weight excluding hydrogens is 446 g/mol. The van der Waals surface area contributed by atoms with Gasteiger partial charge in [-0.3, -0.25) is 14.3 Å². The average molecular weight is 474 g/mol. The normalized spacial score (nSPS) is 11.9. The molecule has 4 aromatic rings. The molecule has 0 saturated heterocycles. The molecule has 4 rings (SSSR count). The molecule has 0 aliphatic heterocycles. The molecule has 0 saturated carbocycles. The maximum absolute atomic E-state index is 13.1. The summed E-state index contributed by atoms with van der Waals surface area (Å²) in [4.78, 5) is 17.3. The van der Waals surface area contributed by atoms with E-state index in [1.807, 2.05) is 85.1 Å². The van der Waals surface area contributed by atoms with E-state index in [0.29, 0.717) is 17.5 Å². The van der Waals surface area contributed by atoms with Crippen LogP contribution >= 0.6 is 11.8 Å². The summed E-state index contributed by atoms with van der Waals surface area (Å²) in [5.74, 6) is 1.46.